The van der Waals surface area contributed by atoms with E-state index in [0.717, 1.165) is 19.3 Å². The molecule has 5 heteroatoms. The average Bonchev–Trinajstić information content (AvgIpc) is 2.72. The summed E-state index contributed by atoms with van der Waals surface area (Å²) in [5.74, 6) is 0. The Labute approximate surface area is 188 Å². The highest BCUT2D eigenvalue weighted by molar-refractivity contribution is 8.07. The van der Waals surface area contributed by atoms with Crippen LogP contribution in [0.25, 0.3) is 0 Å². The van der Waals surface area contributed by atoms with Gasteiger partial charge >= 0.3 is 6.72 Å². The summed E-state index contributed by atoms with van der Waals surface area (Å²) in [4.78, 5) is 0. The lowest BCUT2D eigenvalue weighted by molar-refractivity contribution is 0.150. The first-order valence-corrected chi connectivity index (χ1v) is 15.3. The van der Waals surface area contributed by atoms with E-state index in [1.807, 2.05) is 0 Å². The Bertz CT molecular complexity index is 314. The van der Waals surface area contributed by atoms with Gasteiger partial charge in [-0.2, -0.15) is 0 Å². The first-order valence-electron chi connectivity index (χ1n) is 12.7. The first kappa shape index (κ1) is 29.5. The molecule has 0 unspecified atom stereocenters. The van der Waals surface area contributed by atoms with E-state index in [1.54, 1.807) is 0 Å². The minimum Gasteiger partial charge on any atom is -0.309 e. The number of rotatable bonds is 24. The second-order valence-electron chi connectivity index (χ2n) is 8.25. The van der Waals surface area contributed by atoms with Gasteiger partial charge in [0, 0.05) is 0 Å². The van der Waals surface area contributed by atoms with Crippen molar-refractivity contribution in [3.63, 3.8) is 0 Å². The number of unbranched alkanes of at least 4 members (excludes halogenated alkanes) is 15. The normalized spacial score (nSPS) is 12.0. The summed E-state index contributed by atoms with van der Waals surface area (Å²) in [6.07, 6.45) is 22.5. The molecule has 0 heterocycles. The molecule has 0 atom stereocenters. The SMILES string of the molecule is CCCCCCCCOP(=S)(OCCCCCCCC)OCCCCCCCC. The summed E-state index contributed by atoms with van der Waals surface area (Å²) in [6.45, 7) is 6.22. The zero-order valence-corrected chi connectivity index (χ0v) is 21.6. The van der Waals surface area contributed by atoms with Crippen LogP contribution in [0.5, 0.6) is 0 Å². The lowest BCUT2D eigenvalue weighted by Gasteiger charge is -2.22. The Morgan fingerprint density at radius 3 is 0.931 bits per heavy atom. The molecule has 0 aliphatic heterocycles. The third-order valence-corrected chi connectivity index (χ3v) is 7.69. The maximum absolute atomic E-state index is 6.01. The molecule has 29 heavy (non-hydrogen) atoms. The molecule has 0 aromatic heterocycles. The van der Waals surface area contributed by atoms with Crippen molar-refractivity contribution >= 4 is 18.5 Å². The van der Waals surface area contributed by atoms with Gasteiger partial charge in [0.15, 0.2) is 0 Å². The smallest absolute Gasteiger partial charge is 0.309 e. The molecule has 0 radical (unpaired) electrons. The Hall–Kier alpha value is 0.530. The zero-order valence-electron chi connectivity index (χ0n) is 19.9. The van der Waals surface area contributed by atoms with E-state index >= 15 is 0 Å². The van der Waals surface area contributed by atoms with E-state index in [2.05, 4.69) is 20.8 Å². The summed E-state index contributed by atoms with van der Waals surface area (Å²) in [6, 6.07) is 0. The van der Waals surface area contributed by atoms with Gasteiger partial charge in [-0.3, -0.25) is 0 Å². The van der Waals surface area contributed by atoms with E-state index in [0.29, 0.717) is 19.8 Å². The molecule has 176 valence electrons. The van der Waals surface area contributed by atoms with E-state index in [4.69, 9.17) is 25.4 Å². The van der Waals surface area contributed by atoms with E-state index in [-0.39, 0.29) is 0 Å². The molecule has 0 fully saturated rings. The third kappa shape index (κ3) is 21.5. The first-order chi connectivity index (χ1) is 14.2. The number of hydrogen-bond donors (Lipinski definition) is 0. The molecule has 0 N–H and O–H groups in total. The van der Waals surface area contributed by atoms with Gasteiger partial charge in [0.2, 0.25) is 0 Å². The van der Waals surface area contributed by atoms with Crippen LogP contribution in [0, 0.1) is 0 Å². The minimum atomic E-state index is -2.57. The maximum Gasteiger partial charge on any atom is 0.327 e. The Morgan fingerprint density at radius 2 is 0.655 bits per heavy atom. The maximum atomic E-state index is 6.01. The summed E-state index contributed by atoms with van der Waals surface area (Å²) >= 11 is 5.71. The van der Waals surface area contributed by atoms with Crippen molar-refractivity contribution < 1.29 is 13.6 Å². The largest absolute Gasteiger partial charge is 0.327 e. The molecule has 0 aliphatic carbocycles. The zero-order chi connectivity index (χ0) is 21.5. The molecule has 3 nitrogen and oxygen atoms in total. The highest BCUT2D eigenvalue weighted by Crippen LogP contribution is 2.50. The molecule has 0 aromatic rings. The molecule has 0 saturated heterocycles. The van der Waals surface area contributed by atoms with Crippen molar-refractivity contribution in [2.75, 3.05) is 19.8 Å². The fraction of sp³-hybridized carbons (Fsp3) is 1.00. The van der Waals surface area contributed by atoms with Gasteiger partial charge in [-0.25, -0.2) is 0 Å². The second-order valence-corrected chi connectivity index (χ2v) is 11.3. The second kappa shape index (κ2) is 23.2. The molecular weight excluding hydrogens is 399 g/mol. The third-order valence-electron chi connectivity index (χ3n) is 5.24. The van der Waals surface area contributed by atoms with Crippen LogP contribution in [-0.2, 0) is 25.4 Å². The summed E-state index contributed by atoms with van der Waals surface area (Å²) in [5, 5.41) is 0. The van der Waals surface area contributed by atoms with Crippen LogP contribution in [0.4, 0.5) is 0 Å². The van der Waals surface area contributed by atoms with Crippen LogP contribution < -0.4 is 0 Å². The highest BCUT2D eigenvalue weighted by atomic mass is 32.5. The fourth-order valence-corrected chi connectivity index (χ4v) is 5.24. The lowest BCUT2D eigenvalue weighted by atomic mass is 10.1. The van der Waals surface area contributed by atoms with Gasteiger partial charge in [0.1, 0.15) is 0 Å². The predicted molar refractivity (Wildman–Crippen MR) is 132 cm³/mol. The molecule has 0 amide bonds. The molecule has 0 saturated carbocycles. The Morgan fingerprint density at radius 1 is 0.414 bits per heavy atom. The van der Waals surface area contributed by atoms with Gasteiger partial charge in [-0.05, 0) is 31.1 Å². The van der Waals surface area contributed by atoms with Crippen molar-refractivity contribution in [2.45, 2.75) is 136 Å². The number of hydrogen-bond acceptors (Lipinski definition) is 4. The van der Waals surface area contributed by atoms with E-state index in [9.17, 15) is 0 Å². The van der Waals surface area contributed by atoms with Gasteiger partial charge in [-0.15, -0.1) is 0 Å². The van der Waals surface area contributed by atoms with Crippen molar-refractivity contribution in [3.05, 3.63) is 0 Å². The minimum absolute atomic E-state index is 0.677. The predicted octanol–water partition coefficient (Wildman–Crippen LogP) is 9.34. The van der Waals surface area contributed by atoms with Crippen molar-refractivity contribution in [2.24, 2.45) is 0 Å². The van der Waals surface area contributed by atoms with Gasteiger partial charge in [0.25, 0.3) is 0 Å². The molecule has 0 aliphatic rings. The van der Waals surface area contributed by atoms with Gasteiger partial charge in [-0.1, -0.05) is 117 Å². The van der Waals surface area contributed by atoms with Gasteiger partial charge < -0.3 is 13.6 Å². The molecule has 0 aromatic carbocycles. The van der Waals surface area contributed by atoms with Crippen LogP contribution in [-0.4, -0.2) is 19.8 Å². The van der Waals surface area contributed by atoms with Crippen molar-refractivity contribution in [1.29, 1.82) is 0 Å². The lowest BCUT2D eigenvalue weighted by Crippen LogP contribution is -2.04. The van der Waals surface area contributed by atoms with E-state index in [1.165, 1.54) is 96.3 Å². The fourth-order valence-electron chi connectivity index (χ4n) is 3.29. The van der Waals surface area contributed by atoms with E-state index < -0.39 is 6.72 Å². The molecule has 0 spiro atoms. The topological polar surface area (TPSA) is 27.7 Å². The molecule has 0 rings (SSSR count). The summed E-state index contributed by atoms with van der Waals surface area (Å²) < 4.78 is 18.0. The van der Waals surface area contributed by atoms with Gasteiger partial charge in [0.05, 0.1) is 19.8 Å². The van der Waals surface area contributed by atoms with Crippen LogP contribution in [0.3, 0.4) is 0 Å². The summed E-state index contributed by atoms with van der Waals surface area (Å²) in [5.41, 5.74) is 0. The Balaban J connectivity index is 4.05. The van der Waals surface area contributed by atoms with Crippen LogP contribution in [0.1, 0.15) is 136 Å². The van der Waals surface area contributed by atoms with Crippen LogP contribution in [0.2, 0.25) is 0 Å². The highest BCUT2D eigenvalue weighted by Gasteiger charge is 2.20. The molecular formula is C24H51O3PS. The monoisotopic (exact) mass is 450 g/mol. The van der Waals surface area contributed by atoms with Crippen LogP contribution >= 0.6 is 6.72 Å². The summed E-state index contributed by atoms with van der Waals surface area (Å²) in [7, 11) is 0. The average molecular weight is 451 g/mol. The quantitative estimate of drug-likeness (QED) is 0.108. The standard InChI is InChI=1S/C24H51O3PS/c1-4-7-10-13-16-19-22-25-28(29,26-23-20-17-14-11-8-5-2)27-24-21-18-15-12-9-6-3/h4-24H2,1-3H3. The van der Waals surface area contributed by atoms with Crippen molar-refractivity contribution in [1.82, 2.24) is 0 Å². The molecule has 0 bridgehead atoms. The Kier molecular flexibility index (Phi) is 23.6. The van der Waals surface area contributed by atoms with Crippen LogP contribution in [0.15, 0.2) is 0 Å². The van der Waals surface area contributed by atoms with Crippen molar-refractivity contribution in [3.8, 4) is 0 Å².